The smallest absolute Gasteiger partial charge is 0.226 e. The Morgan fingerprint density at radius 1 is 1.03 bits per heavy atom. The van der Waals surface area contributed by atoms with Crippen LogP contribution >= 0.6 is 0 Å². The Morgan fingerprint density at radius 2 is 1.80 bits per heavy atom. The topological polar surface area (TPSA) is 55.3 Å². The van der Waals surface area contributed by atoms with Crippen molar-refractivity contribution in [2.75, 3.05) is 20.2 Å². The molecule has 1 aromatic carbocycles. The molecule has 1 atom stereocenters. The molecule has 3 heterocycles. The van der Waals surface area contributed by atoms with Crippen molar-refractivity contribution in [3.8, 4) is 5.75 Å². The van der Waals surface area contributed by atoms with Crippen LogP contribution in [0.2, 0.25) is 0 Å². The average Bonchev–Trinajstić information content (AvgIpc) is 3.76. The van der Waals surface area contributed by atoms with Crippen molar-refractivity contribution in [3.63, 3.8) is 0 Å². The van der Waals surface area contributed by atoms with Crippen LogP contribution in [0.15, 0.2) is 55.0 Å². The first kappa shape index (κ1) is 22.3. The molecule has 6 rings (SSSR count). The van der Waals surface area contributed by atoms with Crippen molar-refractivity contribution < 1.29 is 9.53 Å². The summed E-state index contributed by atoms with van der Waals surface area (Å²) in [6.07, 6.45) is 12.7. The molecule has 3 aliphatic rings. The molecule has 0 N–H and O–H groups in total. The van der Waals surface area contributed by atoms with E-state index in [1.807, 2.05) is 17.0 Å². The summed E-state index contributed by atoms with van der Waals surface area (Å²) in [5.74, 6) is 2.54. The van der Waals surface area contributed by atoms with Crippen molar-refractivity contribution in [1.29, 1.82) is 0 Å². The zero-order chi connectivity index (χ0) is 23.8. The Bertz CT molecular complexity index is 1210. The van der Waals surface area contributed by atoms with E-state index in [0.29, 0.717) is 18.3 Å². The largest absolute Gasteiger partial charge is 0.496 e. The third-order valence-electron chi connectivity index (χ3n) is 8.19. The number of nitrogens with zero attached hydrogens (tertiary/aromatic N) is 3. The lowest BCUT2D eigenvalue weighted by molar-refractivity contribution is -0.131. The first-order valence-corrected chi connectivity index (χ1v) is 13.0. The number of hydrogen-bond donors (Lipinski definition) is 0. The summed E-state index contributed by atoms with van der Waals surface area (Å²) in [7, 11) is 1.78. The van der Waals surface area contributed by atoms with Crippen LogP contribution in [0, 0.1) is 5.92 Å². The number of aryl methyl sites for hydroxylation is 2. The molecule has 2 aliphatic carbocycles. The van der Waals surface area contributed by atoms with Crippen molar-refractivity contribution >= 4 is 5.91 Å². The van der Waals surface area contributed by atoms with Gasteiger partial charge in [0.1, 0.15) is 5.75 Å². The summed E-state index contributed by atoms with van der Waals surface area (Å²) < 4.78 is 5.90. The monoisotopic (exact) mass is 467 g/mol. The normalized spacial score (nSPS) is 20.0. The number of aromatic nitrogens is 2. The first-order chi connectivity index (χ1) is 17.2. The highest BCUT2D eigenvalue weighted by atomic mass is 16.5. The van der Waals surface area contributed by atoms with Crippen LogP contribution in [0.25, 0.3) is 0 Å². The lowest BCUT2D eigenvalue weighted by Crippen LogP contribution is -2.40. The quantitative estimate of drug-likeness (QED) is 0.525. The number of piperidine rings is 1. The van der Waals surface area contributed by atoms with Gasteiger partial charge in [-0.1, -0.05) is 18.2 Å². The predicted octanol–water partition coefficient (Wildman–Crippen LogP) is 5.07. The number of amides is 1. The second-order valence-corrected chi connectivity index (χ2v) is 10.3. The second kappa shape index (κ2) is 9.44. The number of carbonyl (C=O) groups excluding carboxylic acids is 1. The maximum absolute atomic E-state index is 13.0. The fraction of sp³-hybridized carbons (Fsp3) is 0.433. The molecule has 5 heteroatoms. The molecule has 3 aromatic rings. The number of fused-ring (bicyclic) bond motifs is 2. The minimum atomic E-state index is 0.209. The number of likely N-dealkylation sites (tertiary alicyclic amines) is 1. The number of ether oxygens (including phenoxy) is 1. The van der Waals surface area contributed by atoms with Crippen LogP contribution in [-0.4, -0.2) is 41.0 Å². The molecule has 1 saturated heterocycles. The van der Waals surface area contributed by atoms with Gasteiger partial charge in [-0.3, -0.25) is 14.8 Å². The summed E-state index contributed by atoms with van der Waals surface area (Å²) in [6.45, 7) is 1.59. The zero-order valence-corrected chi connectivity index (χ0v) is 20.5. The number of benzene rings is 1. The Morgan fingerprint density at radius 3 is 2.54 bits per heavy atom. The van der Waals surface area contributed by atoms with Crippen molar-refractivity contribution in [2.45, 2.75) is 56.8 Å². The van der Waals surface area contributed by atoms with Crippen LogP contribution in [0.4, 0.5) is 0 Å². The van der Waals surface area contributed by atoms with Gasteiger partial charge in [-0.15, -0.1) is 0 Å². The molecule has 1 aliphatic heterocycles. The van der Waals surface area contributed by atoms with Gasteiger partial charge in [0, 0.05) is 43.2 Å². The SMILES string of the molecule is COc1cccc2c1C(C1CCN(C(=O)Cc3ccncc3)CC1)c1ncc(C3CC3)cc1CC2. The number of rotatable bonds is 5. The third kappa shape index (κ3) is 4.44. The van der Waals surface area contributed by atoms with Crippen molar-refractivity contribution in [1.82, 2.24) is 14.9 Å². The molecule has 2 aromatic heterocycles. The molecule has 2 fully saturated rings. The molecule has 1 unspecified atom stereocenters. The van der Waals surface area contributed by atoms with E-state index < -0.39 is 0 Å². The van der Waals surface area contributed by atoms with Crippen molar-refractivity contribution in [3.05, 3.63) is 88.5 Å². The molecular weight excluding hydrogens is 434 g/mol. The maximum atomic E-state index is 13.0. The van der Waals surface area contributed by atoms with Gasteiger partial charge in [0.25, 0.3) is 0 Å². The minimum absolute atomic E-state index is 0.209. The van der Waals surface area contributed by atoms with Gasteiger partial charge in [-0.2, -0.15) is 0 Å². The van der Waals surface area contributed by atoms with E-state index in [1.165, 1.54) is 40.8 Å². The fourth-order valence-corrected chi connectivity index (χ4v) is 6.13. The molecule has 1 amide bonds. The van der Waals surface area contributed by atoms with E-state index in [1.54, 1.807) is 19.5 Å². The Balaban J connectivity index is 1.28. The highest BCUT2D eigenvalue weighted by Gasteiger charge is 2.37. The van der Waals surface area contributed by atoms with Crippen LogP contribution in [0.5, 0.6) is 5.75 Å². The van der Waals surface area contributed by atoms with Gasteiger partial charge in [0.2, 0.25) is 5.91 Å². The zero-order valence-electron chi connectivity index (χ0n) is 20.5. The Kier molecular flexibility index (Phi) is 6.01. The second-order valence-electron chi connectivity index (χ2n) is 10.3. The van der Waals surface area contributed by atoms with Crippen molar-refractivity contribution in [2.24, 2.45) is 5.92 Å². The number of pyridine rings is 2. The molecule has 1 saturated carbocycles. The summed E-state index contributed by atoms with van der Waals surface area (Å²) in [5.41, 5.74) is 7.79. The maximum Gasteiger partial charge on any atom is 0.226 e. The lowest BCUT2D eigenvalue weighted by atomic mass is 9.76. The van der Waals surface area contributed by atoms with Crippen LogP contribution in [-0.2, 0) is 24.1 Å². The van der Waals surface area contributed by atoms with Gasteiger partial charge in [0.05, 0.1) is 19.2 Å². The molecule has 0 radical (unpaired) electrons. The highest BCUT2D eigenvalue weighted by molar-refractivity contribution is 5.78. The van der Waals surface area contributed by atoms with Gasteiger partial charge < -0.3 is 9.64 Å². The summed E-state index contributed by atoms with van der Waals surface area (Å²) in [5, 5.41) is 0. The molecule has 0 bridgehead atoms. The number of methoxy groups -OCH3 is 1. The fourth-order valence-electron chi connectivity index (χ4n) is 6.13. The van der Waals surface area contributed by atoms with Gasteiger partial charge in [0.15, 0.2) is 0 Å². The Labute approximate surface area is 207 Å². The summed E-state index contributed by atoms with van der Waals surface area (Å²) >= 11 is 0. The predicted molar refractivity (Wildman–Crippen MR) is 136 cm³/mol. The van der Waals surface area contributed by atoms with Crippen LogP contribution in [0.1, 0.15) is 71.0 Å². The molecule has 5 nitrogen and oxygen atoms in total. The van der Waals surface area contributed by atoms with Gasteiger partial charge in [-0.25, -0.2) is 0 Å². The summed E-state index contributed by atoms with van der Waals surface area (Å²) in [6, 6.07) is 12.8. The molecular formula is C30H33N3O2. The number of hydrogen-bond acceptors (Lipinski definition) is 4. The van der Waals surface area contributed by atoms with Gasteiger partial charge in [-0.05, 0) is 90.8 Å². The average molecular weight is 468 g/mol. The van der Waals surface area contributed by atoms with E-state index in [9.17, 15) is 4.79 Å². The van der Waals surface area contributed by atoms with E-state index in [4.69, 9.17) is 9.72 Å². The lowest BCUT2D eigenvalue weighted by Gasteiger charge is -2.37. The van der Waals surface area contributed by atoms with E-state index in [0.717, 1.165) is 50.1 Å². The standard InChI is InChI=1S/C30H33N3O2/c1-35-26-4-2-3-22-7-8-24-18-25(21-5-6-21)19-32-30(24)29(28(22)26)23-11-15-33(16-12-23)27(34)17-20-9-13-31-14-10-20/h2-4,9-10,13-14,18-19,21,23,29H,5-8,11-12,15-17H2,1H3. The molecule has 180 valence electrons. The minimum Gasteiger partial charge on any atom is -0.496 e. The highest BCUT2D eigenvalue weighted by Crippen LogP contribution is 2.47. The Hall–Kier alpha value is -3.21. The van der Waals surface area contributed by atoms with Crippen LogP contribution < -0.4 is 4.74 Å². The molecule has 35 heavy (non-hydrogen) atoms. The van der Waals surface area contributed by atoms with Crippen LogP contribution in [0.3, 0.4) is 0 Å². The number of carbonyl (C=O) groups is 1. The van der Waals surface area contributed by atoms with E-state index >= 15 is 0 Å². The third-order valence-corrected chi connectivity index (χ3v) is 8.19. The molecule has 0 spiro atoms. The summed E-state index contributed by atoms with van der Waals surface area (Å²) in [4.78, 5) is 24.2. The van der Waals surface area contributed by atoms with Gasteiger partial charge >= 0.3 is 0 Å². The van der Waals surface area contributed by atoms with E-state index in [2.05, 4.69) is 35.4 Å². The van der Waals surface area contributed by atoms with E-state index in [-0.39, 0.29) is 11.8 Å². The first-order valence-electron chi connectivity index (χ1n) is 13.0.